The third kappa shape index (κ3) is 3.18. The first kappa shape index (κ1) is 16.6. The molecule has 3 rings (SSSR count). The number of fused-ring (bicyclic) bond motifs is 2. The molecule has 19 heavy (non-hydrogen) atoms. The summed E-state index contributed by atoms with van der Waals surface area (Å²) in [6.07, 6.45) is 5.95. The van der Waals surface area contributed by atoms with E-state index in [1.165, 1.54) is 32.4 Å². The lowest BCUT2D eigenvalue weighted by Gasteiger charge is -2.43. The molecular formula is C13H23Cl2N3O. The van der Waals surface area contributed by atoms with Gasteiger partial charge in [0.2, 0.25) is 0 Å². The predicted molar refractivity (Wildman–Crippen MR) is 81.2 cm³/mol. The van der Waals surface area contributed by atoms with Crippen molar-refractivity contribution in [1.82, 2.24) is 9.88 Å². The van der Waals surface area contributed by atoms with Crippen LogP contribution in [0.4, 0.5) is 6.01 Å². The van der Waals surface area contributed by atoms with E-state index in [4.69, 9.17) is 10.2 Å². The maximum atomic E-state index is 5.65. The van der Waals surface area contributed by atoms with Crippen molar-refractivity contribution in [2.75, 3.05) is 18.8 Å². The Balaban J connectivity index is 0.000000902. The molecule has 2 atom stereocenters. The van der Waals surface area contributed by atoms with E-state index in [-0.39, 0.29) is 24.8 Å². The van der Waals surface area contributed by atoms with Gasteiger partial charge in [-0.05, 0) is 44.7 Å². The zero-order valence-corrected chi connectivity index (χ0v) is 12.9. The molecule has 6 heteroatoms. The first-order valence-electron chi connectivity index (χ1n) is 6.76. The van der Waals surface area contributed by atoms with Gasteiger partial charge in [-0.1, -0.05) is 6.92 Å². The van der Waals surface area contributed by atoms with Gasteiger partial charge in [-0.2, -0.15) is 4.98 Å². The van der Waals surface area contributed by atoms with Crippen LogP contribution in [0.25, 0.3) is 0 Å². The number of anilines is 1. The molecule has 1 aliphatic carbocycles. The number of likely N-dealkylation sites (tertiary alicyclic amines) is 1. The van der Waals surface area contributed by atoms with Gasteiger partial charge in [0.1, 0.15) is 5.76 Å². The minimum Gasteiger partial charge on any atom is -0.429 e. The number of piperidine rings is 1. The van der Waals surface area contributed by atoms with E-state index in [2.05, 4.69) is 16.8 Å². The molecule has 1 aromatic heterocycles. The summed E-state index contributed by atoms with van der Waals surface area (Å²) in [5.41, 5.74) is 6.76. The molecule has 1 saturated heterocycles. The second kappa shape index (κ2) is 6.82. The van der Waals surface area contributed by atoms with Crippen LogP contribution < -0.4 is 5.73 Å². The van der Waals surface area contributed by atoms with E-state index in [0.717, 1.165) is 30.2 Å². The van der Waals surface area contributed by atoms with E-state index < -0.39 is 0 Å². The molecule has 0 bridgehead atoms. The van der Waals surface area contributed by atoms with Gasteiger partial charge in [0.15, 0.2) is 0 Å². The molecule has 0 spiro atoms. The summed E-state index contributed by atoms with van der Waals surface area (Å²) in [6, 6.07) is 0.999. The highest BCUT2D eigenvalue weighted by Gasteiger charge is 2.37. The van der Waals surface area contributed by atoms with Crippen molar-refractivity contribution in [3.8, 4) is 0 Å². The van der Waals surface area contributed by atoms with Crippen LogP contribution in [-0.4, -0.2) is 29.0 Å². The largest absolute Gasteiger partial charge is 0.429 e. The van der Waals surface area contributed by atoms with E-state index in [9.17, 15) is 0 Å². The second-order valence-corrected chi connectivity index (χ2v) is 5.34. The van der Waals surface area contributed by atoms with Crippen molar-refractivity contribution in [1.29, 1.82) is 0 Å². The molecule has 0 aromatic carbocycles. The summed E-state index contributed by atoms with van der Waals surface area (Å²) in [7, 11) is 0. The summed E-state index contributed by atoms with van der Waals surface area (Å²) in [5.74, 6) is 1.79. The van der Waals surface area contributed by atoms with Crippen LogP contribution >= 0.6 is 24.8 Å². The number of aromatic nitrogens is 1. The van der Waals surface area contributed by atoms with Crippen LogP contribution in [0.2, 0.25) is 0 Å². The highest BCUT2D eigenvalue weighted by atomic mass is 35.5. The lowest BCUT2D eigenvalue weighted by molar-refractivity contribution is 0.0800. The smallest absolute Gasteiger partial charge is 0.292 e. The second-order valence-electron chi connectivity index (χ2n) is 5.34. The normalized spacial score (nSPS) is 25.7. The number of halogens is 2. The first-order chi connectivity index (χ1) is 8.28. The maximum Gasteiger partial charge on any atom is 0.292 e. The van der Waals surface area contributed by atoms with Gasteiger partial charge in [0.05, 0.1) is 5.69 Å². The Bertz CT molecular complexity index is 409. The Kier molecular flexibility index (Phi) is 5.96. The minimum absolute atomic E-state index is 0. The van der Waals surface area contributed by atoms with Crippen LogP contribution in [0.5, 0.6) is 0 Å². The molecule has 2 N–H and O–H groups in total. The van der Waals surface area contributed by atoms with E-state index in [1.807, 2.05) is 0 Å². The summed E-state index contributed by atoms with van der Waals surface area (Å²) in [5, 5.41) is 0. The molecule has 1 aliphatic heterocycles. The van der Waals surface area contributed by atoms with E-state index >= 15 is 0 Å². The number of hydrogen-bond acceptors (Lipinski definition) is 4. The van der Waals surface area contributed by atoms with E-state index in [1.54, 1.807) is 0 Å². The van der Waals surface area contributed by atoms with Gasteiger partial charge in [-0.25, -0.2) is 0 Å². The van der Waals surface area contributed by atoms with Crippen LogP contribution in [0, 0.1) is 5.92 Å². The molecule has 4 nitrogen and oxygen atoms in total. The van der Waals surface area contributed by atoms with Gasteiger partial charge in [-0.15, -0.1) is 24.8 Å². The Morgan fingerprint density at radius 1 is 1.37 bits per heavy atom. The molecule has 2 heterocycles. The number of nitrogens with zero attached hydrogens (tertiary/aromatic N) is 2. The summed E-state index contributed by atoms with van der Waals surface area (Å²) < 4.78 is 5.52. The van der Waals surface area contributed by atoms with Crippen LogP contribution in [0.1, 0.15) is 37.6 Å². The topological polar surface area (TPSA) is 55.3 Å². The molecule has 0 radical (unpaired) electrons. The number of oxazole rings is 1. The minimum atomic E-state index is 0. The number of nitrogen functional groups attached to an aromatic ring is 1. The fraction of sp³-hybridized carbons (Fsp3) is 0.769. The predicted octanol–water partition coefficient (Wildman–Crippen LogP) is 2.69. The molecule has 1 fully saturated rings. The summed E-state index contributed by atoms with van der Waals surface area (Å²) >= 11 is 0. The first-order valence-corrected chi connectivity index (χ1v) is 6.76. The molecule has 0 saturated carbocycles. The Hall–Kier alpha value is -0.450. The van der Waals surface area contributed by atoms with Gasteiger partial charge in [0.25, 0.3) is 6.01 Å². The van der Waals surface area contributed by atoms with Gasteiger partial charge < -0.3 is 10.2 Å². The fourth-order valence-electron chi connectivity index (χ4n) is 3.47. The van der Waals surface area contributed by atoms with Crippen LogP contribution in [-0.2, 0) is 12.8 Å². The van der Waals surface area contributed by atoms with Crippen molar-refractivity contribution >= 4 is 30.8 Å². The molecule has 0 amide bonds. The average molecular weight is 308 g/mol. The molecular weight excluding hydrogens is 285 g/mol. The Morgan fingerprint density at radius 3 is 2.89 bits per heavy atom. The third-order valence-corrected chi connectivity index (χ3v) is 4.19. The van der Waals surface area contributed by atoms with Crippen molar-refractivity contribution < 1.29 is 4.42 Å². The highest BCUT2D eigenvalue weighted by molar-refractivity contribution is 5.85. The van der Waals surface area contributed by atoms with Gasteiger partial charge >= 0.3 is 0 Å². The lowest BCUT2D eigenvalue weighted by atomic mass is 9.79. The van der Waals surface area contributed by atoms with E-state index in [0.29, 0.717) is 12.1 Å². The monoisotopic (exact) mass is 307 g/mol. The molecule has 2 aliphatic rings. The summed E-state index contributed by atoms with van der Waals surface area (Å²) in [6.45, 7) is 4.71. The Labute approximate surface area is 126 Å². The average Bonchev–Trinajstić information content (AvgIpc) is 2.66. The summed E-state index contributed by atoms with van der Waals surface area (Å²) in [4.78, 5) is 6.94. The maximum absolute atomic E-state index is 5.65. The van der Waals surface area contributed by atoms with Crippen molar-refractivity contribution in [3.05, 3.63) is 11.5 Å². The van der Waals surface area contributed by atoms with Crippen molar-refractivity contribution in [2.24, 2.45) is 5.92 Å². The van der Waals surface area contributed by atoms with Crippen LogP contribution in [0.3, 0.4) is 0 Å². The number of rotatable bonds is 2. The zero-order chi connectivity index (χ0) is 11.8. The van der Waals surface area contributed by atoms with Gasteiger partial charge in [0, 0.05) is 12.5 Å². The quantitative estimate of drug-likeness (QED) is 0.912. The third-order valence-electron chi connectivity index (χ3n) is 4.19. The standard InChI is InChI=1S/C13H21N3O.2ClH/c1-2-5-16-6-3-4-9-7-10-12(8-11(9)16)17-13(14)15-10;;/h9,11H,2-8H2,1H3,(H2,14,15);2*1H/t9-,11-;;/m0../s1. The number of hydrogen-bond donors (Lipinski definition) is 1. The highest BCUT2D eigenvalue weighted by Crippen LogP contribution is 2.35. The van der Waals surface area contributed by atoms with Crippen LogP contribution in [0.15, 0.2) is 4.42 Å². The van der Waals surface area contributed by atoms with Crippen molar-refractivity contribution in [2.45, 2.75) is 45.1 Å². The number of nitrogens with two attached hydrogens (primary N) is 1. The molecule has 1 aromatic rings. The molecule has 110 valence electrons. The fourth-order valence-corrected chi connectivity index (χ4v) is 3.47. The Morgan fingerprint density at radius 2 is 2.16 bits per heavy atom. The SMILES string of the molecule is CCCN1CCC[C@H]2Cc3nc(N)oc3C[C@@H]21.Cl.Cl. The molecule has 0 unspecified atom stereocenters. The van der Waals surface area contributed by atoms with Crippen molar-refractivity contribution in [3.63, 3.8) is 0 Å². The van der Waals surface area contributed by atoms with Gasteiger partial charge in [-0.3, -0.25) is 4.90 Å². The lowest BCUT2D eigenvalue weighted by Crippen LogP contribution is -2.49. The zero-order valence-electron chi connectivity index (χ0n) is 11.3.